The highest BCUT2D eigenvalue weighted by Gasteiger charge is 2.16. The van der Waals surface area contributed by atoms with Gasteiger partial charge in [0.1, 0.15) is 22.8 Å². The van der Waals surface area contributed by atoms with Crippen LogP contribution < -0.4 is 4.74 Å². The van der Waals surface area contributed by atoms with Crippen molar-refractivity contribution in [3.8, 4) is 28.6 Å². The molecule has 5 rings (SSSR count). The molecular formula is C25H22N4O4. The van der Waals surface area contributed by atoms with Crippen LogP contribution in [0, 0.1) is 0 Å². The molecule has 0 saturated heterocycles. The average molecular weight is 442 g/mol. The zero-order valence-electron chi connectivity index (χ0n) is 18.3. The molecule has 2 heterocycles. The van der Waals surface area contributed by atoms with Crippen molar-refractivity contribution in [2.24, 2.45) is 0 Å². The summed E-state index contributed by atoms with van der Waals surface area (Å²) in [5.74, 6) is 0.545. The summed E-state index contributed by atoms with van der Waals surface area (Å²) in [7, 11) is 0. The van der Waals surface area contributed by atoms with Crippen molar-refractivity contribution in [1.29, 1.82) is 0 Å². The van der Waals surface area contributed by atoms with Crippen molar-refractivity contribution >= 4 is 28.0 Å². The summed E-state index contributed by atoms with van der Waals surface area (Å²) in [5, 5.41) is 25.0. The zero-order valence-corrected chi connectivity index (χ0v) is 18.3. The first-order valence-corrected chi connectivity index (χ1v) is 10.4. The topological polar surface area (TPSA) is 113 Å². The summed E-state index contributed by atoms with van der Waals surface area (Å²) in [5.41, 5.74) is 4.38. The highest BCUT2D eigenvalue weighted by atomic mass is 16.7. The number of nitrogens with one attached hydrogen (secondary N) is 1. The Morgan fingerprint density at radius 2 is 1.85 bits per heavy atom. The Bertz CT molecular complexity index is 1510. The second-order valence-corrected chi connectivity index (χ2v) is 8.93. The van der Waals surface area contributed by atoms with Gasteiger partial charge in [0.15, 0.2) is 0 Å². The van der Waals surface area contributed by atoms with Gasteiger partial charge in [0.2, 0.25) is 0 Å². The van der Waals surface area contributed by atoms with Gasteiger partial charge in [-0.2, -0.15) is 5.10 Å². The monoisotopic (exact) mass is 442 g/mol. The molecule has 0 aliphatic carbocycles. The maximum absolute atomic E-state index is 10.8. The van der Waals surface area contributed by atoms with Crippen molar-refractivity contribution in [2.45, 2.75) is 26.2 Å². The first-order valence-electron chi connectivity index (χ1n) is 10.4. The molecule has 3 N–H and O–H groups in total. The summed E-state index contributed by atoms with van der Waals surface area (Å²) >= 11 is 0. The fourth-order valence-electron chi connectivity index (χ4n) is 3.88. The lowest BCUT2D eigenvalue weighted by atomic mass is 9.87. The van der Waals surface area contributed by atoms with Crippen molar-refractivity contribution in [3.63, 3.8) is 0 Å². The van der Waals surface area contributed by atoms with Gasteiger partial charge in [0.25, 0.3) is 0 Å². The third-order valence-corrected chi connectivity index (χ3v) is 5.58. The highest BCUT2D eigenvalue weighted by molar-refractivity contribution is 6.08. The van der Waals surface area contributed by atoms with Gasteiger partial charge in [0, 0.05) is 12.3 Å². The molecular weight excluding hydrogens is 420 g/mol. The Morgan fingerprint density at radius 3 is 2.55 bits per heavy atom. The number of aromatic hydroxyl groups is 1. The molecule has 0 radical (unpaired) electrons. The fourth-order valence-corrected chi connectivity index (χ4v) is 3.88. The number of phenols is 1. The van der Waals surface area contributed by atoms with Crippen LogP contribution in [0.3, 0.4) is 0 Å². The van der Waals surface area contributed by atoms with Gasteiger partial charge < -0.3 is 19.9 Å². The molecule has 0 aliphatic rings. The van der Waals surface area contributed by atoms with Gasteiger partial charge in [0.05, 0.1) is 28.4 Å². The third-order valence-electron chi connectivity index (χ3n) is 5.58. The minimum atomic E-state index is -1.44. The number of ether oxygens (including phenoxy) is 1. The van der Waals surface area contributed by atoms with E-state index in [-0.39, 0.29) is 16.9 Å². The number of nitrogens with zero attached hydrogens (tertiary/aromatic N) is 3. The molecule has 33 heavy (non-hydrogen) atoms. The van der Waals surface area contributed by atoms with Gasteiger partial charge in [-0.05, 0) is 40.6 Å². The molecule has 2 aromatic heterocycles. The molecule has 0 fully saturated rings. The van der Waals surface area contributed by atoms with E-state index < -0.39 is 6.16 Å². The molecule has 0 saturated carbocycles. The predicted octanol–water partition coefficient (Wildman–Crippen LogP) is 5.63. The smallest absolute Gasteiger partial charge is 0.507 e. The maximum Gasteiger partial charge on any atom is 0.511 e. The van der Waals surface area contributed by atoms with Crippen LogP contribution >= 0.6 is 0 Å². The number of H-pyrrole nitrogens is 1. The number of benzene rings is 3. The number of hydrogen-bond acceptors (Lipinski definition) is 5. The molecule has 0 atom stereocenters. The molecule has 0 unspecified atom stereocenters. The average Bonchev–Trinajstić information content (AvgIpc) is 3.39. The number of aromatic amines is 1. The zero-order chi connectivity index (χ0) is 23.3. The summed E-state index contributed by atoms with van der Waals surface area (Å²) < 4.78 is 6.47. The lowest BCUT2D eigenvalue weighted by Crippen LogP contribution is -2.10. The molecule has 8 nitrogen and oxygen atoms in total. The lowest BCUT2D eigenvalue weighted by molar-refractivity contribution is 0.144. The van der Waals surface area contributed by atoms with Gasteiger partial charge in [-0.1, -0.05) is 39.0 Å². The first kappa shape index (κ1) is 20.6. The molecule has 8 heteroatoms. The second-order valence-electron chi connectivity index (χ2n) is 8.93. The third kappa shape index (κ3) is 3.76. The number of fused-ring (bicyclic) bond motifs is 3. The number of rotatable bonds is 3. The molecule has 0 aliphatic heterocycles. The summed E-state index contributed by atoms with van der Waals surface area (Å²) in [6, 6.07) is 14.7. The summed E-state index contributed by atoms with van der Waals surface area (Å²) in [4.78, 5) is 18.8. The van der Waals surface area contributed by atoms with E-state index in [1.54, 1.807) is 23.0 Å². The number of phenolic OH excluding ortho intramolecular Hbond substituents is 1. The number of hydrogen-bond donors (Lipinski definition) is 3. The summed E-state index contributed by atoms with van der Waals surface area (Å²) in [6.45, 7) is 6.53. The van der Waals surface area contributed by atoms with Gasteiger partial charge in [-0.25, -0.2) is 14.5 Å². The predicted molar refractivity (Wildman–Crippen MR) is 125 cm³/mol. The van der Waals surface area contributed by atoms with Crippen LogP contribution in [0.5, 0.6) is 11.5 Å². The Morgan fingerprint density at radius 1 is 1.09 bits per heavy atom. The maximum atomic E-state index is 10.8. The Kier molecular flexibility index (Phi) is 4.59. The van der Waals surface area contributed by atoms with E-state index in [2.05, 4.69) is 52.7 Å². The van der Waals surface area contributed by atoms with Crippen LogP contribution in [0.1, 0.15) is 26.3 Å². The largest absolute Gasteiger partial charge is 0.511 e. The van der Waals surface area contributed by atoms with Crippen molar-refractivity contribution in [1.82, 2.24) is 19.7 Å². The SMILES string of the molecule is CC(C)(C)c1ccc(-n2cc(-c3nc4c(ccc5cc(OC(=O)O)cc(O)c54)[nH]3)cn2)cc1. The van der Waals surface area contributed by atoms with Gasteiger partial charge in [-0.3, -0.25) is 0 Å². The van der Waals surface area contributed by atoms with Gasteiger partial charge in [-0.15, -0.1) is 0 Å². The van der Waals surface area contributed by atoms with Crippen molar-refractivity contribution in [2.75, 3.05) is 0 Å². The fraction of sp³-hybridized carbons (Fsp3) is 0.160. The second kappa shape index (κ2) is 7.37. The minimum Gasteiger partial charge on any atom is -0.507 e. The van der Waals surface area contributed by atoms with Crippen LogP contribution in [0.15, 0.2) is 60.9 Å². The Balaban J connectivity index is 1.53. The Hall–Kier alpha value is -4.33. The van der Waals surface area contributed by atoms with Crippen LogP contribution in [-0.2, 0) is 5.41 Å². The van der Waals surface area contributed by atoms with E-state index in [0.29, 0.717) is 22.1 Å². The van der Waals surface area contributed by atoms with E-state index >= 15 is 0 Å². The van der Waals surface area contributed by atoms with E-state index in [1.807, 2.05) is 24.4 Å². The van der Waals surface area contributed by atoms with Crippen molar-refractivity contribution in [3.05, 3.63) is 66.5 Å². The molecule has 5 aromatic rings. The van der Waals surface area contributed by atoms with Crippen LogP contribution in [0.25, 0.3) is 38.9 Å². The molecule has 0 spiro atoms. The van der Waals surface area contributed by atoms with Crippen LogP contribution in [0.4, 0.5) is 4.79 Å². The first-order chi connectivity index (χ1) is 15.7. The van der Waals surface area contributed by atoms with E-state index in [1.165, 1.54) is 11.6 Å². The van der Waals surface area contributed by atoms with Crippen LogP contribution in [0.2, 0.25) is 0 Å². The number of aromatic nitrogens is 4. The van der Waals surface area contributed by atoms with Crippen LogP contribution in [-0.4, -0.2) is 36.1 Å². The number of carboxylic acid groups (broad SMARTS) is 1. The normalized spacial score (nSPS) is 11.8. The molecule has 0 amide bonds. The van der Waals surface area contributed by atoms with E-state index in [4.69, 9.17) is 5.11 Å². The van der Waals surface area contributed by atoms with E-state index in [0.717, 1.165) is 16.8 Å². The molecule has 3 aromatic carbocycles. The Labute approximate surface area is 189 Å². The van der Waals surface area contributed by atoms with E-state index in [9.17, 15) is 9.90 Å². The lowest BCUT2D eigenvalue weighted by Gasteiger charge is -2.19. The minimum absolute atomic E-state index is 0.0429. The van der Waals surface area contributed by atoms with Crippen molar-refractivity contribution < 1.29 is 19.7 Å². The summed E-state index contributed by atoms with van der Waals surface area (Å²) in [6.07, 6.45) is 2.18. The quantitative estimate of drug-likeness (QED) is 0.247. The highest BCUT2D eigenvalue weighted by Crippen LogP contribution is 2.36. The number of imidazole rings is 1. The molecule has 0 bridgehead atoms. The van der Waals surface area contributed by atoms with Gasteiger partial charge >= 0.3 is 6.16 Å². The molecule has 166 valence electrons. The number of carbonyl (C=O) groups is 1. The standard InChI is InChI=1S/C25H22N4O4/c1-25(2,3)16-5-7-17(8-6-16)29-13-15(12-26-29)23-27-19-9-4-14-10-18(33-24(31)32)11-20(30)21(14)22(19)28-23/h4-13,30H,1-3H3,(H,27,28)(H,31,32).